The summed E-state index contributed by atoms with van der Waals surface area (Å²) in [6.07, 6.45) is 6.63. The molecule has 0 aromatic carbocycles. The van der Waals surface area contributed by atoms with Crippen LogP contribution < -0.4 is 0 Å². The van der Waals surface area contributed by atoms with E-state index in [1.54, 1.807) is 0 Å². The molecule has 1 unspecified atom stereocenters. The first-order chi connectivity index (χ1) is 5.81. The van der Waals surface area contributed by atoms with Crippen molar-refractivity contribution in [1.29, 1.82) is 0 Å². The van der Waals surface area contributed by atoms with Crippen molar-refractivity contribution in [1.82, 2.24) is 0 Å². The third-order valence-corrected chi connectivity index (χ3v) is 3.55. The van der Waals surface area contributed by atoms with Gasteiger partial charge in [-0.25, -0.2) is 0 Å². The average molecular weight is 170 g/mol. The zero-order valence-corrected chi connectivity index (χ0v) is 7.84. The van der Waals surface area contributed by atoms with Crippen molar-refractivity contribution in [3.05, 3.63) is 0 Å². The first-order valence-corrected chi connectivity index (χ1v) is 5.34. The average Bonchev–Trinajstić information content (AvgIpc) is 2.30. The van der Waals surface area contributed by atoms with E-state index in [0.29, 0.717) is 0 Å². The van der Waals surface area contributed by atoms with E-state index in [1.165, 1.54) is 49.8 Å². The molecule has 0 saturated carbocycles. The molecule has 2 heteroatoms. The van der Waals surface area contributed by atoms with Crippen LogP contribution >= 0.6 is 0 Å². The van der Waals surface area contributed by atoms with Crippen molar-refractivity contribution in [3.63, 3.8) is 0 Å². The number of nitrogens with zero attached hydrogens (tertiary/aromatic N) is 1. The van der Waals surface area contributed by atoms with Crippen LogP contribution in [0.1, 0.15) is 32.1 Å². The van der Waals surface area contributed by atoms with Crippen LogP contribution in [0.4, 0.5) is 0 Å². The topological polar surface area (TPSA) is 20.2 Å². The van der Waals surface area contributed by atoms with Gasteiger partial charge in [0.2, 0.25) is 0 Å². The van der Waals surface area contributed by atoms with Crippen molar-refractivity contribution in [2.45, 2.75) is 38.2 Å². The van der Waals surface area contributed by atoms with E-state index in [0.717, 1.165) is 13.0 Å². The van der Waals surface area contributed by atoms with Gasteiger partial charge in [-0.05, 0) is 25.7 Å². The highest BCUT2D eigenvalue weighted by Crippen LogP contribution is 2.25. The van der Waals surface area contributed by atoms with E-state index in [2.05, 4.69) is 0 Å². The second kappa shape index (κ2) is 3.35. The molecule has 0 aliphatic carbocycles. The number of hydrogen-bond donors (Lipinski definition) is 1. The summed E-state index contributed by atoms with van der Waals surface area (Å²) in [5.41, 5.74) is 0. The fourth-order valence-corrected chi connectivity index (χ4v) is 2.82. The zero-order valence-electron chi connectivity index (χ0n) is 7.84. The Kier molecular flexibility index (Phi) is 2.37. The highest BCUT2D eigenvalue weighted by molar-refractivity contribution is 4.66. The number of hydrogen-bond acceptors (Lipinski definition) is 1. The van der Waals surface area contributed by atoms with Crippen molar-refractivity contribution >= 4 is 0 Å². The van der Waals surface area contributed by atoms with Crippen molar-refractivity contribution in [3.8, 4) is 0 Å². The summed E-state index contributed by atoms with van der Waals surface area (Å²) in [5.74, 6) is 0. The Balaban J connectivity index is 1.98. The van der Waals surface area contributed by atoms with Crippen LogP contribution in [0.5, 0.6) is 0 Å². The minimum Gasteiger partial charge on any atom is -0.387 e. The quantitative estimate of drug-likeness (QED) is 0.541. The summed E-state index contributed by atoms with van der Waals surface area (Å²) >= 11 is 0. The highest BCUT2D eigenvalue weighted by atomic mass is 16.3. The summed E-state index contributed by atoms with van der Waals surface area (Å²) in [7, 11) is 0. The second-order valence-electron chi connectivity index (χ2n) is 4.55. The van der Waals surface area contributed by atoms with E-state index in [1.807, 2.05) is 0 Å². The van der Waals surface area contributed by atoms with Crippen LogP contribution in [0.25, 0.3) is 0 Å². The van der Waals surface area contributed by atoms with E-state index in [-0.39, 0.29) is 6.10 Å². The van der Waals surface area contributed by atoms with Gasteiger partial charge in [0.05, 0.1) is 19.6 Å². The monoisotopic (exact) mass is 170 g/mol. The minimum atomic E-state index is 0.00287. The van der Waals surface area contributed by atoms with Crippen LogP contribution in [0.2, 0.25) is 0 Å². The molecule has 2 nitrogen and oxygen atoms in total. The fourth-order valence-electron chi connectivity index (χ4n) is 2.82. The predicted octanol–water partition coefficient (Wildman–Crippen LogP) is 1.14. The molecule has 0 amide bonds. The Morgan fingerprint density at radius 1 is 0.917 bits per heavy atom. The van der Waals surface area contributed by atoms with Crippen LogP contribution in [0.15, 0.2) is 0 Å². The molecule has 12 heavy (non-hydrogen) atoms. The fraction of sp³-hybridized carbons (Fsp3) is 1.00. The molecule has 0 bridgehead atoms. The van der Waals surface area contributed by atoms with Crippen LogP contribution in [-0.2, 0) is 0 Å². The first kappa shape index (κ1) is 8.52. The third-order valence-electron chi connectivity index (χ3n) is 3.55. The molecular formula is C10H20NO+. The normalized spacial score (nSPS) is 35.2. The van der Waals surface area contributed by atoms with Gasteiger partial charge >= 0.3 is 0 Å². The Morgan fingerprint density at radius 2 is 1.58 bits per heavy atom. The van der Waals surface area contributed by atoms with Gasteiger partial charge in [0, 0.05) is 6.42 Å². The molecule has 2 rings (SSSR count). The lowest BCUT2D eigenvalue weighted by molar-refractivity contribution is -0.917. The molecule has 2 aliphatic rings. The smallest absolute Gasteiger partial charge is 0.108 e. The van der Waals surface area contributed by atoms with Gasteiger partial charge in [0.1, 0.15) is 12.6 Å². The molecule has 2 fully saturated rings. The SMILES string of the molecule is OC1CC[N+]2(CCCCCC2)C1. The van der Waals surface area contributed by atoms with Gasteiger partial charge in [-0.2, -0.15) is 0 Å². The van der Waals surface area contributed by atoms with Crippen LogP contribution in [0, 0.1) is 0 Å². The Hall–Kier alpha value is -0.0800. The number of aliphatic hydroxyl groups excluding tert-OH is 1. The summed E-state index contributed by atoms with van der Waals surface area (Å²) < 4.78 is 1.24. The molecular weight excluding hydrogens is 150 g/mol. The van der Waals surface area contributed by atoms with Crippen molar-refractivity contribution in [2.75, 3.05) is 26.2 Å². The number of quaternary nitrogens is 1. The molecule has 70 valence electrons. The number of rotatable bonds is 0. The number of aliphatic hydroxyl groups is 1. The lowest BCUT2D eigenvalue weighted by Crippen LogP contribution is -2.47. The van der Waals surface area contributed by atoms with E-state index in [9.17, 15) is 5.11 Å². The summed E-state index contributed by atoms with van der Waals surface area (Å²) in [5, 5.41) is 9.52. The van der Waals surface area contributed by atoms with E-state index < -0.39 is 0 Å². The Labute approximate surface area is 74.8 Å². The van der Waals surface area contributed by atoms with Crippen molar-refractivity contribution in [2.24, 2.45) is 0 Å². The largest absolute Gasteiger partial charge is 0.387 e. The van der Waals surface area contributed by atoms with Gasteiger partial charge in [-0.15, -0.1) is 0 Å². The minimum absolute atomic E-state index is 0.00287. The highest BCUT2D eigenvalue weighted by Gasteiger charge is 2.37. The predicted molar refractivity (Wildman–Crippen MR) is 48.8 cm³/mol. The Morgan fingerprint density at radius 3 is 2.08 bits per heavy atom. The maximum absolute atomic E-state index is 9.52. The lowest BCUT2D eigenvalue weighted by atomic mass is 10.2. The summed E-state index contributed by atoms with van der Waals surface area (Å²) in [4.78, 5) is 0. The molecule has 2 aliphatic heterocycles. The molecule has 1 atom stereocenters. The van der Waals surface area contributed by atoms with Gasteiger partial charge in [-0.1, -0.05) is 0 Å². The standard InChI is InChI=1S/C10H20NO/c12-10-5-8-11(9-10)6-3-1-2-4-7-11/h10,12H,1-9H2/q+1. The summed E-state index contributed by atoms with van der Waals surface area (Å²) in [6, 6.07) is 0. The van der Waals surface area contributed by atoms with Crippen LogP contribution in [-0.4, -0.2) is 41.9 Å². The van der Waals surface area contributed by atoms with Gasteiger partial charge < -0.3 is 9.59 Å². The second-order valence-corrected chi connectivity index (χ2v) is 4.55. The third kappa shape index (κ3) is 1.64. The maximum atomic E-state index is 9.52. The van der Waals surface area contributed by atoms with Gasteiger partial charge in [0.25, 0.3) is 0 Å². The van der Waals surface area contributed by atoms with E-state index >= 15 is 0 Å². The molecule has 2 heterocycles. The zero-order chi connectivity index (χ0) is 8.44. The van der Waals surface area contributed by atoms with Gasteiger partial charge in [0.15, 0.2) is 0 Å². The first-order valence-electron chi connectivity index (χ1n) is 5.34. The molecule has 0 aromatic heterocycles. The molecule has 1 N–H and O–H groups in total. The maximum Gasteiger partial charge on any atom is 0.108 e. The van der Waals surface area contributed by atoms with Gasteiger partial charge in [-0.3, -0.25) is 0 Å². The molecule has 0 aromatic rings. The molecule has 2 saturated heterocycles. The lowest BCUT2D eigenvalue weighted by Gasteiger charge is -2.32. The van der Waals surface area contributed by atoms with E-state index in [4.69, 9.17) is 0 Å². The summed E-state index contributed by atoms with van der Waals surface area (Å²) in [6.45, 7) is 4.94. The van der Waals surface area contributed by atoms with Crippen molar-refractivity contribution < 1.29 is 9.59 Å². The molecule has 0 radical (unpaired) electrons. The molecule has 1 spiro atoms. The Bertz CT molecular complexity index is 150. The van der Waals surface area contributed by atoms with Crippen LogP contribution in [0.3, 0.4) is 0 Å².